The number of azo groups is 1. The van der Waals surface area contributed by atoms with Gasteiger partial charge in [-0.15, -0.1) is 10.2 Å². The highest BCUT2D eigenvalue weighted by molar-refractivity contribution is 7.99. The second-order valence-corrected chi connectivity index (χ2v) is 10.2. The van der Waals surface area contributed by atoms with Crippen LogP contribution in [-0.2, 0) is 0 Å². The van der Waals surface area contributed by atoms with Crippen LogP contribution in [-0.4, -0.2) is 33.1 Å². The molecule has 0 fully saturated rings. The first-order valence-electron chi connectivity index (χ1n) is 11.7. The second kappa shape index (κ2) is 12.0. The molecule has 0 aliphatic rings. The lowest BCUT2D eigenvalue weighted by molar-refractivity contribution is 0.476. The third kappa shape index (κ3) is 6.83. The second-order valence-electron chi connectivity index (χ2n) is 8.08. The van der Waals surface area contributed by atoms with Crippen molar-refractivity contribution in [2.75, 3.05) is 18.0 Å². The fourth-order valence-corrected chi connectivity index (χ4v) is 4.91. The van der Waals surface area contributed by atoms with Gasteiger partial charge < -0.3 is 10.0 Å². The minimum Gasteiger partial charge on any atom is -0.506 e. The molecule has 184 valence electrons. The molecular formula is C27H28N6OS2. The van der Waals surface area contributed by atoms with Crippen molar-refractivity contribution in [2.24, 2.45) is 10.2 Å². The lowest BCUT2D eigenvalue weighted by Crippen LogP contribution is -2.21. The molecule has 4 rings (SSSR count). The number of hydrogen-bond acceptors (Lipinski definition) is 9. The summed E-state index contributed by atoms with van der Waals surface area (Å²) in [4.78, 5) is 17.8. The van der Waals surface area contributed by atoms with E-state index in [2.05, 4.69) is 82.0 Å². The third-order valence-electron chi connectivity index (χ3n) is 5.38. The summed E-state index contributed by atoms with van der Waals surface area (Å²) in [6.07, 6.45) is 0. The molecule has 0 saturated carbocycles. The molecule has 0 bridgehead atoms. The highest BCUT2D eigenvalue weighted by atomic mass is 32.2. The quantitative estimate of drug-likeness (QED) is 0.227. The summed E-state index contributed by atoms with van der Waals surface area (Å²) in [5, 5.41) is 20.0. The SMILES string of the molecule is CCN(CC)c1ccc(N=Nc2nc(Sc3ccc(C)cc3)nc(Sc3ccc(C)cc3)n2)c(O)c1. The molecule has 1 heterocycles. The lowest BCUT2D eigenvalue weighted by Gasteiger charge is -2.21. The molecule has 0 aliphatic heterocycles. The Morgan fingerprint density at radius 1 is 0.722 bits per heavy atom. The van der Waals surface area contributed by atoms with Crippen molar-refractivity contribution in [3.8, 4) is 5.75 Å². The number of rotatable bonds is 9. The number of benzene rings is 3. The van der Waals surface area contributed by atoms with Crippen molar-refractivity contribution in [1.29, 1.82) is 0 Å². The van der Waals surface area contributed by atoms with E-state index in [-0.39, 0.29) is 11.7 Å². The van der Waals surface area contributed by atoms with Crippen molar-refractivity contribution in [3.05, 3.63) is 77.9 Å². The van der Waals surface area contributed by atoms with E-state index in [1.807, 2.05) is 30.3 Å². The Labute approximate surface area is 220 Å². The largest absolute Gasteiger partial charge is 0.506 e. The van der Waals surface area contributed by atoms with Gasteiger partial charge in [-0.05, 0) is 87.6 Å². The monoisotopic (exact) mass is 516 g/mol. The lowest BCUT2D eigenvalue weighted by atomic mass is 10.2. The summed E-state index contributed by atoms with van der Waals surface area (Å²) in [5.41, 5.74) is 3.66. The summed E-state index contributed by atoms with van der Waals surface area (Å²) in [6.45, 7) is 9.96. The maximum atomic E-state index is 10.5. The maximum absolute atomic E-state index is 10.5. The number of aromatic hydroxyl groups is 1. The van der Waals surface area contributed by atoms with E-state index in [1.165, 1.54) is 34.7 Å². The van der Waals surface area contributed by atoms with Crippen LogP contribution in [0.15, 0.2) is 97.1 Å². The zero-order chi connectivity index (χ0) is 25.5. The molecule has 9 heteroatoms. The fraction of sp³-hybridized carbons (Fsp3) is 0.222. The minimum atomic E-state index is 0.0562. The molecule has 0 radical (unpaired) electrons. The Balaban J connectivity index is 1.63. The minimum absolute atomic E-state index is 0.0562. The maximum Gasteiger partial charge on any atom is 0.273 e. The molecule has 36 heavy (non-hydrogen) atoms. The van der Waals surface area contributed by atoms with Crippen LogP contribution in [0.3, 0.4) is 0 Å². The average molecular weight is 517 g/mol. The first-order valence-corrected chi connectivity index (χ1v) is 13.3. The van der Waals surface area contributed by atoms with E-state index in [0.29, 0.717) is 16.0 Å². The van der Waals surface area contributed by atoms with Gasteiger partial charge in [0.05, 0.1) is 0 Å². The molecule has 1 N–H and O–H groups in total. The third-order valence-corrected chi connectivity index (χ3v) is 7.12. The van der Waals surface area contributed by atoms with E-state index in [4.69, 9.17) is 0 Å². The molecule has 0 spiro atoms. The van der Waals surface area contributed by atoms with Crippen LogP contribution in [0, 0.1) is 13.8 Å². The van der Waals surface area contributed by atoms with E-state index in [9.17, 15) is 5.11 Å². The molecule has 4 aromatic rings. The summed E-state index contributed by atoms with van der Waals surface area (Å²) in [5.74, 6) is 0.238. The van der Waals surface area contributed by atoms with Crippen LogP contribution in [0.4, 0.5) is 17.3 Å². The van der Waals surface area contributed by atoms with Crippen molar-refractivity contribution < 1.29 is 5.11 Å². The Bertz CT molecular complexity index is 1270. The predicted molar refractivity (Wildman–Crippen MR) is 146 cm³/mol. The smallest absolute Gasteiger partial charge is 0.273 e. The van der Waals surface area contributed by atoms with Crippen molar-refractivity contribution in [2.45, 2.75) is 47.8 Å². The summed E-state index contributed by atoms with van der Waals surface area (Å²) in [7, 11) is 0. The molecule has 0 unspecified atom stereocenters. The van der Waals surface area contributed by atoms with E-state index >= 15 is 0 Å². The Morgan fingerprint density at radius 2 is 1.25 bits per heavy atom. The van der Waals surface area contributed by atoms with Crippen LogP contribution in [0.5, 0.6) is 5.75 Å². The zero-order valence-corrected chi connectivity index (χ0v) is 22.3. The van der Waals surface area contributed by atoms with Gasteiger partial charge in [0.25, 0.3) is 5.95 Å². The zero-order valence-electron chi connectivity index (χ0n) is 20.7. The molecular weight excluding hydrogens is 488 g/mol. The first-order chi connectivity index (χ1) is 17.4. The molecule has 3 aromatic carbocycles. The number of aromatic nitrogens is 3. The number of nitrogens with zero attached hydrogens (tertiary/aromatic N) is 6. The standard InChI is InChI=1S/C27H28N6OS2/c1-5-33(6-2)20-11-16-23(24(34)17-20)31-32-25-28-26(35-21-12-7-18(3)8-13-21)30-27(29-25)36-22-14-9-19(4)10-15-22/h7-17,34H,5-6H2,1-4H3. The van der Waals surface area contributed by atoms with Gasteiger partial charge in [0.2, 0.25) is 0 Å². The van der Waals surface area contributed by atoms with Crippen LogP contribution in [0.2, 0.25) is 0 Å². The van der Waals surface area contributed by atoms with Gasteiger partial charge in [0.1, 0.15) is 11.4 Å². The number of phenolic OH excluding ortho intramolecular Hbond substituents is 1. The number of phenols is 1. The van der Waals surface area contributed by atoms with Crippen LogP contribution in [0.1, 0.15) is 25.0 Å². The van der Waals surface area contributed by atoms with E-state index in [1.54, 1.807) is 12.1 Å². The van der Waals surface area contributed by atoms with Gasteiger partial charge in [-0.25, -0.2) is 0 Å². The molecule has 0 amide bonds. The number of hydrogen-bond donors (Lipinski definition) is 1. The van der Waals surface area contributed by atoms with Crippen LogP contribution < -0.4 is 4.90 Å². The van der Waals surface area contributed by atoms with Gasteiger partial charge in [0, 0.05) is 34.6 Å². The Hall–Kier alpha value is -3.43. The first kappa shape index (κ1) is 25.7. The molecule has 1 aromatic heterocycles. The number of anilines is 1. The molecule has 0 saturated heterocycles. The van der Waals surface area contributed by atoms with E-state index in [0.717, 1.165) is 28.6 Å². The van der Waals surface area contributed by atoms with Crippen molar-refractivity contribution in [3.63, 3.8) is 0 Å². The summed E-state index contributed by atoms with van der Waals surface area (Å²) in [6, 6.07) is 21.7. The van der Waals surface area contributed by atoms with Gasteiger partial charge in [-0.2, -0.15) is 15.0 Å². The fourth-order valence-electron chi connectivity index (χ4n) is 3.37. The summed E-state index contributed by atoms with van der Waals surface area (Å²) < 4.78 is 0. The van der Waals surface area contributed by atoms with Crippen molar-refractivity contribution >= 4 is 40.8 Å². The predicted octanol–water partition coefficient (Wildman–Crippen LogP) is 7.76. The van der Waals surface area contributed by atoms with Gasteiger partial charge in [-0.1, -0.05) is 35.4 Å². The van der Waals surface area contributed by atoms with Crippen LogP contribution in [0.25, 0.3) is 0 Å². The van der Waals surface area contributed by atoms with Gasteiger partial charge in [0.15, 0.2) is 10.3 Å². The average Bonchev–Trinajstić information content (AvgIpc) is 2.87. The van der Waals surface area contributed by atoms with Crippen molar-refractivity contribution in [1.82, 2.24) is 15.0 Å². The molecule has 7 nitrogen and oxygen atoms in total. The van der Waals surface area contributed by atoms with Gasteiger partial charge >= 0.3 is 0 Å². The van der Waals surface area contributed by atoms with Gasteiger partial charge in [-0.3, -0.25) is 0 Å². The normalized spacial score (nSPS) is 11.2. The number of aryl methyl sites for hydroxylation is 2. The Kier molecular flexibility index (Phi) is 8.56. The van der Waals surface area contributed by atoms with Crippen LogP contribution >= 0.6 is 23.5 Å². The molecule has 0 aliphatic carbocycles. The van der Waals surface area contributed by atoms with E-state index < -0.39 is 0 Å². The Morgan fingerprint density at radius 3 is 1.72 bits per heavy atom. The topological polar surface area (TPSA) is 86.9 Å². The highest BCUT2D eigenvalue weighted by Gasteiger charge is 2.11. The molecule has 0 atom stereocenters. The summed E-state index contributed by atoms with van der Waals surface area (Å²) >= 11 is 2.88. The highest BCUT2D eigenvalue weighted by Crippen LogP contribution is 2.34.